The van der Waals surface area contributed by atoms with Crippen LogP contribution < -0.4 is 11.1 Å². The molecular formula is C13H18N2OS2. The Balaban J connectivity index is 2.82. The molecule has 18 heavy (non-hydrogen) atoms. The monoisotopic (exact) mass is 282 g/mol. The van der Waals surface area contributed by atoms with Crippen LogP contribution in [0.3, 0.4) is 0 Å². The molecule has 1 aromatic rings. The summed E-state index contributed by atoms with van der Waals surface area (Å²) in [6.45, 7) is 3.86. The van der Waals surface area contributed by atoms with Gasteiger partial charge in [0, 0.05) is 10.6 Å². The van der Waals surface area contributed by atoms with Crippen molar-refractivity contribution in [3.8, 4) is 0 Å². The topological polar surface area (TPSA) is 55.1 Å². The third-order valence-corrected chi connectivity index (χ3v) is 3.57. The van der Waals surface area contributed by atoms with E-state index in [0.29, 0.717) is 0 Å². The van der Waals surface area contributed by atoms with Gasteiger partial charge in [-0.05, 0) is 30.4 Å². The van der Waals surface area contributed by atoms with Crippen molar-refractivity contribution < 1.29 is 4.79 Å². The van der Waals surface area contributed by atoms with Crippen molar-refractivity contribution in [3.05, 3.63) is 24.3 Å². The number of nitrogens with one attached hydrogen (secondary N) is 1. The van der Waals surface area contributed by atoms with Gasteiger partial charge in [0.15, 0.2) is 0 Å². The van der Waals surface area contributed by atoms with Gasteiger partial charge in [0.1, 0.15) is 0 Å². The highest BCUT2D eigenvalue weighted by Gasteiger charge is 2.24. The molecule has 1 amide bonds. The first kappa shape index (κ1) is 15.0. The molecule has 3 N–H and O–H groups in total. The fourth-order valence-electron chi connectivity index (χ4n) is 1.68. The number of hydrogen-bond donors (Lipinski definition) is 2. The van der Waals surface area contributed by atoms with Crippen LogP contribution in [-0.2, 0) is 4.79 Å². The van der Waals surface area contributed by atoms with E-state index in [9.17, 15) is 4.79 Å². The fourth-order valence-corrected chi connectivity index (χ4v) is 2.52. The van der Waals surface area contributed by atoms with Crippen LogP contribution in [0.1, 0.15) is 13.8 Å². The van der Waals surface area contributed by atoms with Crippen LogP contribution in [0.25, 0.3) is 0 Å². The van der Waals surface area contributed by atoms with Crippen LogP contribution in [0.5, 0.6) is 0 Å². The lowest BCUT2D eigenvalue weighted by Crippen LogP contribution is -2.36. The number of anilines is 1. The van der Waals surface area contributed by atoms with Gasteiger partial charge in [-0.1, -0.05) is 32.1 Å². The van der Waals surface area contributed by atoms with Crippen molar-refractivity contribution in [1.82, 2.24) is 0 Å². The van der Waals surface area contributed by atoms with Crippen molar-refractivity contribution >= 4 is 40.6 Å². The van der Waals surface area contributed by atoms with Crippen LogP contribution in [0.15, 0.2) is 29.2 Å². The minimum absolute atomic E-state index is 0.0891. The average molecular weight is 282 g/mol. The van der Waals surface area contributed by atoms with Crippen molar-refractivity contribution in [2.24, 2.45) is 17.6 Å². The van der Waals surface area contributed by atoms with Crippen molar-refractivity contribution in [3.63, 3.8) is 0 Å². The molecule has 0 aliphatic rings. The van der Waals surface area contributed by atoms with Crippen LogP contribution in [0.4, 0.5) is 5.69 Å². The molecule has 0 aliphatic heterocycles. The summed E-state index contributed by atoms with van der Waals surface area (Å²) in [5, 5.41) is 2.86. The second kappa shape index (κ2) is 6.75. The summed E-state index contributed by atoms with van der Waals surface area (Å²) >= 11 is 6.58. The summed E-state index contributed by atoms with van der Waals surface area (Å²) < 4.78 is 0. The second-order valence-electron chi connectivity index (χ2n) is 4.35. The maximum Gasteiger partial charge on any atom is 0.234 e. The molecule has 0 radical (unpaired) electrons. The molecule has 1 aromatic carbocycles. The Morgan fingerprint density at radius 1 is 1.44 bits per heavy atom. The minimum atomic E-state index is -0.432. The SMILES string of the molecule is CSc1cccc(NC(=O)C(C(N)=S)C(C)C)c1. The van der Waals surface area contributed by atoms with Gasteiger partial charge < -0.3 is 11.1 Å². The van der Waals surface area contributed by atoms with Crippen LogP contribution in [0, 0.1) is 11.8 Å². The maximum atomic E-state index is 12.1. The average Bonchev–Trinajstić information content (AvgIpc) is 2.28. The first-order valence-electron chi connectivity index (χ1n) is 5.70. The van der Waals surface area contributed by atoms with Crippen LogP contribution >= 0.6 is 24.0 Å². The first-order valence-corrected chi connectivity index (χ1v) is 7.33. The van der Waals surface area contributed by atoms with Crippen molar-refractivity contribution in [1.29, 1.82) is 0 Å². The van der Waals surface area contributed by atoms with E-state index in [-0.39, 0.29) is 16.8 Å². The number of carbonyl (C=O) groups is 1. The van der Waals surface area contributed by atoms with E-state index in [1.165, 1.54) is 0 Å². The van der Waals surface area contributed by atoms with E-state index in [4.69, 9.17) is 18.0 Å². The molecule has 0 saturated heterocycles. The zero-order valence-corrected chi connectivity index (χ0v) is 12.4. The van der Waals surface area contributed by atoms with Gasteiger partial charge in [0.2, 0.25) is 5.91 Å². The van der Waals surface area contributed by atoms with Gasteiger partial charge in [0.05, 0.1) is 10.9 Å². The molecule has 0 aromatic heterocycles. The quantitative estimate of drug-likeness (QED) is 0.644. The molecule has 98 valence electrons. The van der Waals surface area contributed by atoms with E-state index in [1.807, 2.05) is 44.4 Å². The Morgan fingerprint density at radius 3 is 2.61 bits per heavy atom. The molecule has 0 heterocycles. The predicted octanol–water partition coefficient (Wildman–Crippen LogP) is 2.91. The molecule has 1 rings (SSSR count). The lowest BCUT2D eigenvalue weighted by atomic mass is 9.95. The molecular weight excluding hydrogens is 264 g/mol. The number of benzene rings is 1. The fraction of sp³-hybridized carbons (Fsp3) is 0.385. The van der Waals surface area contributed by atoms with Crippen LogP contribution in [0.2, 0.25) is 0 Å². The van der Waals surface area contributed by atoms with Gasteiger partial charge in [-0.3, -0.25) is 4.79 Å². The highest BCUT2D eigenvalue weighted by atomic mass is 32.2. The number of thioether (sulfide) groups is 1. The lowest BCUT2D eigenvalue weighted by molar-refractivity contribution is -0.118. The van der Waals surface area contributed by atoms with Gasteiger partial charge >= 0.3 is 0 Å². The predicted molar refractivity (Wildman–Crippen MR) is 82.0 cm³/mol. The van der Waals surface area contributed by atoms with E-state index in [2.05, 4.69) is 5.32 Å². The van der Waals surface area contributed by atoms with Gasteiger partial charge in [0.25, 0.3) is 0 Å². The number of nitrogens with two attached hydrogens (primary N) is 1. The summed E-state index contributed by atoms with van der Waals surface area (Å²) in [7, 11) is 0. The Labute approximate surface area is 118 Å². The number of hydrogen-bond acceptors (Lipinski definition) is 3. The Hall–Kier alpha value is -1.07. The number of amides is 1. The molecule has 0 fully saturated rings. The molecule has 5 heteroatoms. The summed E-state index contributed by atoms with van der Waals surface area (Å²) in [6.07, 6.45) is 1.99. The molecule has 0 aliphatic carbocycles. The van der Waals surface area contributed by atoms with E-state index in [0.717, 1.165) is 10.6 Å². The minimum Gasteiger partial charge on any atom is -0.393 e. The summed E-state index contributed by atoms with van der Waals surface area (Å²) in [5.74, 6) is -0.486. The molecule has 3 nitrogen and oxygen atoms in total. The van der Waals surface area contributed by atoms with Gasteiger partial charge in [-0.15, -0.1) is 11.8 Å². The van der Waals surface area contributed by atoms with E-state index >= 15 is 0 Å². The molecule has 0 spiro atoms. The highest BCUT2D eigenvalue weighted by molar-refractivity contribution is 7.98. The Kier molecular flexibility index (Phi) is 5.62. The van der Waals surface area contributed by atoms with Crippen molar-refractivity contribution in [2.45, 2.75) is 18.7 Å². The van der Waals surface area contributed by atoms with Gasteiger partial charge in [-0.25, -0.2) is 0 Å². The van der Waals surface area contributed by atoms with E-state index in [1.54, 1.807) is 11.8 Å². The normalized spacial score (nSPS) is 12.2. The molecule has 1 unspecified atom stereocenters. The third kappa shape index (κ3) is 3.99. The number of thiocarbonyl (C=S) groups is 1. The Bertz CT molecular complexity index is 446. The van der Waals surface area contributed by atoms with Crippen LogP contribution in [-0.4, -0.2) is 17.2 Å². The molecule has 1 atom stereocenters. The number of carbonyl (C=O) groups excluding carboxylic acids is 1. The molecule has 0 bridgehead atoms. The van der Waals surface area contributed by atoms with E-state index < -0.39 is 5.92 Å². The third-order valence-electron chi connectivity index (χ3n) is 2.59. The lowest BCUT2D eigenvalue weighted by Gasteiger charge is -2.19. The summed E-state index contributed by atoms with van der Waals surface area (Å²) in [4.78, 5) is 13.5. The maximum absolute atomic E-state index is 12.1. The first-order chi connectivity index (χ1) is 8.45. The summed E-state index contributed by atoms with van der Waals surface area (Å²) in [5.41, 5.74) is 6.39. The van der Waals surface area contributed by atoms with Crippen molar-refractivity contribution in [2.75, 3.05) is 11.6 Å². The molecule has 0 saturated carbocycles. The van der Waals surface area contributed by atoms with Gasteiger partial charge in [-0.2, -0.15) is 0 Å². The zero-order valence-electron chi connectivity index (χ0n) is 10.8. The zero-order chi connectivity index (χ0) is 13.7. The largest absolute Gasteiger partial charge is 0.393 e. The second-order valence-corrected chi connectivity index (χ2v) is 5.70. The summed E-state index contributed by atoms with van der Waals surface area (Å²) in [6, 6.07) is 7.69. The standard InChI is InChI=1S/C13H18N2OS2/c1-8(2)11(12(14)17)13(16)15-9-5-4-6-10(7-9)18-3/h4-8,11H,1-3H3,(H2,14,17)(H,15,16). The number of rotatable bonds is 5. The smallest absolute Gasteiger partial charge is 0.234 e. The highest BCUT2D eigenvalue weighted by Crippen LogP contribution is 2.20. The Morgan fingerprint density at radius 2 is 2.11 bits per heavy atom.